The molecule has 0 spiro atoms. The Morgan fingerprint density at radius 3 is 2.48 bits per heavy atom. The molecule has 1 aliphatic carbocycles. The van der Waals surface area contributed by atoms with Crippen molar-refractivity contribution in [1.29, 1.82) is 0 Å². The van der Waals surface area contributed by atoms with Gasteiger partial charge < -0.3 is 20.9 Å². The van der Waals surface area contributed by atoms with Gasteiger partial charge in [0.15, 0.2) is 0 Å². The maximum atomic E-state index is 12.2. The molecular weight excluding hydrogens is 436 g/mol. The number of amides is 2. The number of anilines is 2. The van der Waals surface area contributed by atoms with Crippen molar-refractivity contribution >= 4 is 40.3 Å². The third-order valence-corrected chi connectivity index (χ3v) is 6.50. The Morgan fingerprint density at radius 2 is 1.73 bits per heavy atom. The van der Waals surface area contributed by atoms with E-state index in [0.29, 0.717) is 36.0 Å². The molecule has 0 bridgehead atoms. The molecular formula is C25H31ClN6O. The van der Waals surface area contributed by atoms with Gasteiger partial charge in [-0.15, -0.1) is 0 Å². The highest BCUT2D eigenvalue weighted by Gasteiger charge is 2.22. The number of carbonyl (C=O) groups excluding carboxylic acids is 1. The highest BCUT2D eigenvalue weighted by molar-refractivity contribution is 6.31. The van der Waals surface area contributed by atoms with E-state index in [1.54, 1.807) is 0 Å². The van der Waals surface area contributed by atoms with Gasteiger partial charge in [-0.1, -0.05) is 41.9 Å². The summed E-state index contributed by atoms with van der Waals surface area (Å²) in [6, 6.07) is 15.8. The molecule has 2 amide bonds. The molecule has 33 heavy (non-hydrogen) atoms. The first kappa shape index (κ1) is 23.1. The number of fused-ring (bicyclic) bond motifs is 1. The molecule has 3 N–H and O–H groups in total. The molecule has 7 nitrogen and oxygen atoms in total. The van der Waals surface area contributed by atoms with Gasteiger partial charge in [-0.05, 0) is 55.4 Å². The lowest BCUT2D eigenvalue weighted by molar-refractivity contribution is 0.235. The lowest BCUT2D eigenvalue weighted by Gasteiger charge is -2.29. The first-order chi connectivity index (χ1) is 16.0. The summed E-state index contributed by atoms with van der Waals surface area (Å²) in [7, 11) is 4.00. The monoisotopic (exact) mass is 466 g/mol. The number of nitrogens with zero attached hydrogens (tertiary/aromatic N) is 3. The van der Waals surface area contributed by atoms with E-state index in [-0.39, 0.29) is 6.03 Å². The van der Waals surface area contributed by atoms with Gasteiger partial charge in [0.1, 0.15) is 5.82 Å². The van der Waals surface area contributed by atoms with Crippen LogP contribution in [-0.2, 0) is 6.54 Å². The molecule has 1 fully saturated rings. The zero-order valence-corrected chi connectivity index (χ0v) is 19.9. The maximum Gasteiger partial charge on any atom is 0.315 e. The SMILES string of the molecule is CN(C)c1nc(NC2CCC(CNC(=O)NCc3ccccc3Cl)CC2)nc2ccccc12. The normalized spacial score (nSPS) is 18.0. The average molecular weight is 467 g/mol. The second-order valence-corrected chi connectivity index (χ2v) is 9.21. The van der Waals surface area contributed by atoms with Crippen LogP contribution in [0.2, 0.25) is 5.02 Å². The van der Waals surface area contributed by atoms with Crippen LogP contribution in [0.1, 0.15) is 31.2 Å². The Labute approximate surface area is 199 Å². The van der Waals surface area contributed by atoms with E-state index in [0.717, 1.165) is 48.0 Å². The van der Waals surface area contributed by atoms with Crippen LogP contribution in [0.25, 0.3) is 10.9 Å². The van der Waals surface area contributed by atoms with Crippen LogP contribution in [0, 0.1) is 5.92 Å². The van der Waals surface area contributed by atoms with Gasteiger partial charge in [0, 0.05) is 43.6 Å². The molecule has 0 aliphatic heterocycles. The first-order valence-corrected chi connectivity index (χ1v) is 11.8. The standard InChI is InChI=1S/C25H31ClN6O/c1-32(2)23-20-8-4-6-10-22(20)30-24(31-23)29-19-13-11-17(12-14-19)15-27-25(33)28-16-18-7-3-5-9-21(18)26/h3-10,17,19H,11-16H2,1-2H3,(H2,27,28,33)(H,29,30,31). The zero-order valence-electron chi connectivity index (χ0n) is 19.1. The molecule has 0 radical (unpaired) electrons. The van der Waals surface area contributed by atoms with Crippen LogP contribution in [0.15, 0.2) is 48.5 Å². The number of benzene rings is 2. The summed E-state index contributed by atoms with van der Waals surface area (Å²) in [5.74, 6) is 2.07. The lowest BCUT2D eigenvalue weighted by Crippen LogP contribution is -2.39. The van der Waals surface area contributed by atoms with E-state index < -0.39 is 0 Å². The number of aromatic nitrogens is 2. The van der Waals surface area contributed by atoms with Gasteiger partial charge in [0.2, 0.25) is 5.95 Å². The number of rotatable bonds is 7. The summed E-state index contributed by atoms with van der Waals surface area (Å²) in [6.45, 7) is 1.10. The summed E-state index contributed by atoms with van der Waals surface area (Å²) in [5.41, 5.74) is 1.86. The number of carbonyl (C=O) groups is 1. The third-order valence-electron chi connectivity index (χ3n) is 6.14. The van der Waals surface area contributed by atoms with Crippen LogP contribution in [0.5, 0.6) is 0 Å². The number of urea groups is 1. The molecule has 4 rings (SSSR count). The molecule has 1 saturated carbocycles. The Balaban J connectivity index is 1.24. The molecule has 0 atom stereocenters. The van der Waals surface area contributed by atoms with Gasteiger partial charge in [0.05, 0.1) is 5.52 Å². The van der Waals surface area contributed by atoms with E-state index in [1.807, 2.05) is 61.5 Å². The minimum absolute atomic E-state index is 0.157. The molecule has 1 heterocycles. The number of hydrogen-bond donors (Lipinski definition) is 3. The Hall–Kier alpha value is -3.06. The predicted molar refractivity (Wildman–Crippen MR) is 135 cm³/mol. The summed E-state index contributed by atoms with van der Waals surface area (Å²) >= 11 is 6.14. The van der Waals surface area contributed by atoms with Gasteiger partial charge in [0.25, 0.3) is 0 Å². The van der Waals surface area contributed by atoms with Gasteiger partial charge >= 0.3 is 6.03 Å². The zero-order chi connectivity index (χ0) is 23.2. The largest absolute Gasteiger partial charge is 0.362 e. The molecule has 174 valence electrons. The van der Waals surface area contributed by atoms with E-state index in [1.165, 1.54) is 0 Å². The molecule has 3 aromatic rings. The second-order valence-electron chi connectivity index (χ2n) is 8.80. The van der Waals surface area contributed by atoms with Crippen molar-refractivity contribution in [2.45, 2.75) is 38.3 Å². The molecule has 1 aliphatic rings. The lowest BCUT2D eigenvalue weighted by atomic mass is 9.86. The number of nitrogens with one attached hydrogen (secondary N) is 3. The second kappa shape index (κ2) is 10.7. The minimum atomic E-state index is -0.157. The number of hydrogen-bond acceptors (Lipinski definition) is 5. The van der Waals surface area contributed by atoms with Crippen molar-refractivity contribution in [2.75, 3.05) is 30.9 Å². The first-order valence-electron chi connectivity index (χ1n) is 11.5. The van der Waals surface area contributed by atoms with Crippen molar-refractivity contribution in [3.05, 3.63) is 59.1 Å². The van der Waals surface area contributed by atoms with Crippen molar-refractivity contribution in [2.24, 2.45) is 5.92 Å². The van der Waals surface area contributed by atoms with Crippen molar-refractivity contribution in [1.82, 2.24) is 20.6 Å². The van der Waals surface area contributed by atoms with E-state index >= 15 is 0 Å². The Kier molecular flexibility index (Phi) is 7.50. The van der Waals surface area contributed by atoms with Gasteiger partial charge in [-0.3, -0.25) is 0 Å². The van der Waals surface area contributed by atoms with Gasteiger partial charge in [-0.25, -0.2) is 9.78 Å². The highest BCUT2D eigenvalue weighted by atomic mass is 35.5. The summed E-state index contributed by atoms with van der Waals surface area (Å²) in [6.07, 6.45) is 4.16. The third kappa shape index (κ3) is 6.05. The Bertz CT molecular complexity index is 1100. The van der Waals surface area contributed by atoms with Crippen LogP contribution in [-0.4, -0.2) is 42.7 Å². The Morgan fingerprint density at radius 1 is 1.00 bits per heavy atom. The fourth-order valence-corrected chi connectivity index (χ4v) is 4.48. The number of para-hydroxylation sites is 1. The quantitative estimate of drug-likeness (QED) is 0.465. The molecule has 1 aromatic heterocycles. The smallest absolute Gasteiger partial charge is 0.315 e. The average Bonchev–Trinajstić information content (AvgIpc) is 2.82. The number of halogens is 1. The van der Waals surface area contributed by atoms with Gasteiger partial charge in [-0.2, -0.15) is 4.98 Å². The molecule has 0 saturated heterocycles. The molecule has 8 heteroatoms. The fourth-order valence-electron chi connectivity index (χ4n) is 4.28. The molecule has 0 unspecified atom stereocenters. The fraction of sp³-hybridized carbons (Fsp3) is 0.400. The summed E-state index contributed by atoms with van der Waals surface area (Å²) in [5, 5.41) is 11.1. The van der Waals surface area contributed by atoms with Crippen LogP contribution < -0.4 is 20.9 Å². The summed E-state index contributed by atoms with van der Waals surface area (Å²) < 4.78 is 0. The minimum Gasteiger partial charge on any atom is -0.362 e. The van der Waals surface area contributed by atoms with E-state index in [9.17, 15) is 4.79 Å². The predicted octanol–water partition coefficient (Wildman–Crippen LogP) is 4.82. The van der Waals surface area contributed by atoms with Crippen LogP contribution in [0.3, 0.4) is 0 Å². The van der Waals surface area contributed by atoms with Crippen LogP contribution in [0.4, 0.5) is 16.6 Å². The summed E-state index contributed by atoms with van der Waals surface area (Å²) in [4.78, 5) is 23.7. The van der Waals surface area contributed by atoms with E-state index in [2.05, 4.69) is 22.0 Å². The topological polar surface area (TPSA) is 82.2 Å². The molecule has 2 aromatic carbocycles. The van der Waals surface area contributed by atoms with Crippen molar-refractivity contribution < 1.29 is 4.79 Å². The highest BCUT2D eigenvalue weighted by Crippen LogP contribution is 2.28. The van der Waals surface area contributed by atoms with Crippen LogP contribution >= 0.6 is 11.6 Å². The van der Waals surface area contributed by atoms with Crippen molar-refractivity contribution in [3.8, 4) is 0 Å². The van der Waals surface area contributed by atoms with E-state index in [4.69, 9.17) is 21.6 Å². The van der Waals surface area contributed by atoms with Crippen molar-refractivity contribution in [3.63, 3.8) is 0 Å². The maximum absolute atomic E-state index is 12.2.